The minimum Gasteiger partial charge on any atom is -0.465 e. The molecule has 0 aliphatic rings. The van der Waals surface area contributed by atoms with Crippen molar-refractivity contribution in [1.29, 1.82) is 0 Å². The van der Waals surface area contributed by atoms with Gasteiger partial charge in [-0.15, -0.1) is 0 Å². The van der Waals surface area contributed by atoms with Gasteiger partial charge >= 0.3 is 11.9 Å². The molecular weight excluding hydrogens is 376 g/mol. The Morgan fingerprint density at radius 3 is 2.62 bits per heavy atom. The van der Waals surface area contributed by atoms with Crippen molar-refractivity contribution in [3.05, 3.63) is 58.7 Å². The molecule has 0 spiro atoms. The average Bonchev–Trinajstić information content (AvgIpc) is 3.25. The van der Waals surface area contributed by atoms with E-state index in [-0.39, 0.29) is 11.6 Å². The molecule has 2 heterocycles. The smallest absolute Gasteiger partial charge is 0.339 e. The number of carbonyl (C=O) groups excluding carboxylic acids is 3. The van der Waals surface area contributed by atoms with Crippen molar-refractivity contribution in [2.45, 2.75) is 26.9 Å². The van der Waals surface area contributed by atoms with Gasteiger partial charge in [-0.05, 0) is 38.5 Å². The van der Waals surface area contributed by atoms with E-state index in [0.717, 1.165) is 6.08 Å². The number of rotatable bonds is 6. The highest BCUT2D eigenvalue weighted by atomic mass is 16.5. The summed E-state index contributed by atoms with van der Waals surface area (Å²) in [5.74, 6) is -1.46. The quantitative estimate of drug-likeness (QED) is 0.386. The van der Waals surface area contributed by atoms with Crippen LogP contribution < -0.4 is 0 Å². The van der Waals surface area contributed by atoms with Crippen LogP contribution in [-0.2, 0) is 14.3 Å². The second-order valence-corrected chi connectivity index (χ2v) is 6.41. The third kappa shape index (κ3) is 4.11. The average molecular weight is 396 g/mol. The highest BCUT2D eigenvalue weighted by Crippen LogP contribution is 2.21. The van der Waals surface area contributed by atoms with Crippen LogP contribution in [0, 0.1) is 13.8 Å². The number of Topliss-reactive ketones (excluding diaryl/α,β-unsaturated/α-hetero) is 1. The van der Waals surface area contributed by atoms with E-state index in [9.17, 15) is 14.4 Å². The number of fused-ring (bicyclic) bond motifs is 1. The lowest BCUT2D eigenvalue weighted by atomic mass is 10.1. The van der Waals surface area contributed by atoms with Crippen molar-refractivity contribution in [2.24, 2.45) is 0 Å². The fraction of sp³-hybridized carbons (Fsp3) is 0.238. The van der Waals surface area contributed by atoms with Gasteiger partial charge in [0.1, 0.15) is 5.52 Å². The van der Waals surface area contributed by atoms with Gasteiger partial charge < -0.3 is 18.9 Å². The lowest BCUT2D eigenvalue weighted by Gasteiger charge is -2.10. The summed E-state index contributed by atoms with van der Waals surface area (Å²) in [7, 11) is 1.27. The first-order chi connectivity index (χ1) is 13.8. The molecule has 0 radical (unpaired) electrons. The number of aromatic nitrogens is 2. The van der Waals surface area contributed by atoms with E-state index in [1.165, 1.54) is 20.1 Å². The highest BCUT2D eigenvalue weighted by Gasteiger charge is 2.27. The Labute approximate surface area is 166 Å². The predicted octanol–water partition coefficient (Wildman–Crippen LogP) is 3.39. The van der Waals surface area contributed by atoms with Gasteiger partial charge in [-0.1, -0.05) is 12.1 Å². The third-order valence-corrected chi connectivity index (χ3v) is 4.41. The lowest BCUT2D eigenvalue weighted by molar-refractivity contribution is -0.140. The van der Waals surface area contributed by atoms with E-state index < -0.39 is 23.8 Å². The van der Waals surface area contributed by atoms with E-state index in [2.05, 4.69) is 9.97 Å². The summed E-state index contributed by atoms with van der Waals surface area (Å²) >= 11 is 0. The summed E-state index contributed by atoms with van der Waals surface area (Å²) in [6.07, 6.45) is 1.46. The molecule has 3 aromatic rings. The van der Waals surface area contributed by atoms with E-state index in [4.69, 9.17) is 13.9 Å². The van der Waals surface area contributed by atoms with Crippen LogP contribution in [0.3, 0.4) is 0 Å². The topological polar surface area (TPSA) is 111 Å². The fourth-order valence-corrected chi connectivity index (χ4v) is 2.98. The number of methoxy groups -OCH3 is 1. The molecule has 3 rings (SSSR count). The standard InChI is InChI=1S/C21H20N2O6/c1-11-18(21(26)27-4)12(2)22-19(11)20(25)13(3)28-17(24)10-9-16-23-14-7-5-6-8-15(14)29-16/h5-10,13,22H,1-4H3/b10-9+/t13-/m0/s1. The molecule has 2 aromatic heterocycles. The van der Waals surface area contributed by atoms with E-state index in [0.29, 0.717) is 27.9 Å². The first-order valence-corrected chi connectivity index (χ1v) is 8.87. The fourth-order valence-electron chi connectivity index (χ4n) is 2.98. The number of benzene rings is 1. The number of oxazole rings is 1. The molecule has 1 aromatic carbocycles. The summed E-state index contributed by atoms with van der Waals surface area (Å²) in [5.41, 5.74) is 2.72. The molecule has 29 heavy (non-hydrogen) atoms. The molecule has 0 fully saturated rings. The van der Waals surface area contributed by atoms with Crippen molar-refractivity contribution in [3.8, 4) is 0 Å². The molecule has 0 saturated carbocycles. The molecule has 0 aliphatic heterocycles. The second-order valence-electron chi connectivity index (χ2n) is 6.41. The van der Waals surface area contributed by atoms with Gasteiger partial charge in [-0.2, -0.15) is 0 Å². The largest absolute Gasteiger partial charge is 0.465 e. The number of esters is 2. The maximum absolute atomic E-state index is 12.7. The molecule has 150 valence electrons. The minimum absolute atomic E-state index is 0.200. The van der Waals surface area contributed by atoms with Crippen LogP contribution in [0.2, 0.25) is 0 Å². The predicted molar refractivity (Wildman–Crippen MR) is 105 cm³/mol. The molecule has 0 unspecified atom stereocenters. The van der Waals surface area contributed by atoms with Crippen LogP contribution in [0.25, 0.3) is 17.2 Å². The first kappa shape index (κ1) is 20.1. The summed E-state index contributed by atoms with van der Waals surface area (Å²) < 4.78 is 15.4. The number of H-pyrrole nitrogens is 1. The Hall–Kier alpha value is -3.68. The Bertz CT molecular complexity index is 1090. The zero-order valence-corrected chi connectivity index (χ0v) is 16.4. The summed E-state index contributed by atoms with van der Waals surface area (Å²) in [5, 5.41) is 0. The zero-order valence-electron chi connectivity index (χ0n) is 16.4. The van der Waals surface area contributed by atoms with Crippen LogP contribution >= 0.6 is 0 Å². The summed E-state index contributed by atoms with van der Waals surface area (Å²) in [4.78, 5) is 43.7. The first-order valence-electron chi connectivity index (χ1n) is 8.87. The number of carbonyl (C=O) groups is 3. The summed E-state index contributed by atoms with van der Waals surface area (Å²) in [6.45, 7) is 4.75. The summed E-state index contributed by atoms with van der Waals surface area (Å²) in [6, 6.07) is 7.20. The van der Waals surface area contributed by atoms with Gasteiger partial charge in [0.05, 0.1) is 18.4 Å². The maximum Gasteiger partial charge on any atom is 0.339 e. The van der Waals surface area contributed by atoms with E-state index in [1.807, 2.05) is 12.1 Å². The number of hydrogen-bond acceptors (Lipinski definition) is 7. The number of para-hydroxylation sites is 2. The van der Waals surface area contributed by atoms with Gasteiger partial charge in [0.25, 0.3) is 0 Å². The van der Waals surface area contributed by atoms with Gasteiger partial charge in [0, 0.05) is 17.8 Å². The van der Waals surface area contributed by atoms with Gasteiger partial charge in [0.2, 0.25) is 11.7 Å². The van der Waals surface area contributed by atoms with Crippen molar-refractivity contribution < 1.29 is 28.3 Å². The van der Waals surface area contributed by atoms with Crippen molar-refractivity contribution >= 4 is 34.9 Å². The van der Waals surface area contributed by atoms with E-state index >= 15 is 0 Å². The Kier molecular flexibility index (Phi) is 5.63. The number of ketones is 1. The number of ether oxygens (including phenoxy) is 2. The van der Waals surface area contributed by atoms with Crippen LogP contribution in [0.4, 0.5) is 0 Å². The molecule has 0 bridgehead atoms. The molecule has 0 aliphatic carbocycles. The minimum atomic E-state index is -1.06. The zero-order chi connectivity index (χ0) is 21.1. The normalized spacial score (nSPS) is 12.3. The molecule has 0 amide bonds. The Morgan fingerprint density at radius 2 is 1.93 bits per heavy atom. The van der Waals surface area contributed by atoms with Crippen LogP contribution in [0.15, 0.2) is 34.8 Å². The van der Waals surface area contributed by atoms with Crippen molar-refractivity contribution in [1.82, 2.24) is 9.97 Å². The second kappa shape index (κ2) is 8.14. The number of aromatic amines is 1. The van der Waals surface area contributed by atoms with Crippen molar-refractivity contribution in [3.63, 3.8) is 0 Å². The van der Waals surface area contributed by atoms with Gasteiger partial charge in [0.15, 0.2) is 11.7 Å². The highest BCUT2D eigenvalue weighted by molar-refractivity contribution is 6.04. The molecule has 1 atom stereocenters. The number of nitrogens with one attached hydrogen (secondary N) is 1. The van der Waals surface area contributed by atoms with Crippen LogP contribution in [-0.4, -0.2) is 40.9 Å². The maximum atomic E-state index is 12.7. The molecular formula is C21H20N2O6. The number of nitrogens with zero attached hydrogens (tertiary/aromatic N) is 1. The van der Waals surface area contributed by atoms with Crippen molar-refractivity contribution in [2.75, 3.05) is 7.11 Å². The Balaban J connectivity index is 1.69. The van der Waals surface area contributed by atoms with Gasteiger partial charge in [-0.3, -0.25) is 4.79 Å². The molecule has 0 saturated heterocycles. The van der Waals surface area contributed by atoms with E-state index in [1.54, 1.807) is 26.0 Å². The van der Waals surface area contributed by atoms with Gasteiger partial charge in [-0.25, -0.2) is 14.6 Å². The monoisotopic (exact) mass is 396 g/mol. The van der Waals surface area contributed by atoms with Crippen LogP contribution in [0.1, 0.15) is 44.9 Å². The lowest BCUT2D eigenvalue weighted by Crippen LogP contribution is -2.24. The molecule has 8 nitrogen and oxygen atoms in total. The SMILES string of the molecule is COC(=O)c1c(C)[nH]c(C(=O)[C@H](C)OC(=O)/C=C/c2nc3ccccc3o2)c1C. The molecule has 1 N–H and O–H groups in total. The third-order valence-electron chi connectivity index (χ3n) is 4.41. The molecule has 8 heteroatoms. The Morgan fingerprint density at radius 1 is 1.21 bits per heavy atom. The van der Waals surface area contributed by atoms with Crippen LogP contribution in [0.5, 0.6) is 0 Å². The number of hydrogen-bond donors (Lipinski definition) is 1. The number of aryl methyl sites for hydroxylation is 1.